The molecule has 0 saturated carbocycles. The van der Waals surface area contributed by atoms with E-state index in [4.69, 9.17) is 9.15 Å². The Balaban J connectivity index is 2.64. The van der Waals surface area contributed by atoms with Crippen LogP contribution in [-0.2, 0) is 4.74 Å². The molecule has 1 heterocycles. The van der Waals surface area contributed by atoms with E-state index >= 15 is 0 Å². The second-order valence-electron chi connectivity index (χ2n) is 3.23. The van der Waals surface area contributed by atoms with Gasteiger partial charge in [-0.2, -0.15) is 0 Å². The van der Waals surface area contributed by atoms with E-state index < -0.39 is 5.97 Å². The summed E-state index contributed by atoms with van der Waals surface area (Å²) in [6, 6.07) is 1.57. The highest BCUT2D eigenvalue weighted by Gasteiger charge is 2.15. The summed E-state index contributed by atoms with van der Waals surface area (Å²) in [4.78, 5) is 11.2. The number of aryl methyl sites for hydroxylation is 1. The molecule has 4 heteroatoms. The smallest absolute Gasteiger partial charge is 0.341 e. The van der Waals surface area contributed by atoms with Crippen molar-refractivity contribution in [3.05, 3.63) is 17.4 Å². The van der Waals surface area contributed by atoms with Gasteiger partial charge in [-0.05, 0) is 13.3 Å². The second-order valence-corrected chi connectivity index (χ2v) is 3.23. The fourth-order valence-corrected chi connectivity index (χ4v) is 1.16. The quantitative estimate of drug-likeness (QED) is 0.556. The molecule has 0 amide bonds. The normalized spacial score (nSPS) is 10.1. The number of carbonyl (C=O) groups excluding carboxylic acids is 1. The molecule has 84 valence electrons. The topological polar surface area (TPSA) is 48.7 Å². The fourth-order valence-electron chi connectivity index (χ4n) is 1.16. The van der Waals surface area contributed by atoms with Crippen LogP contribution in [0.5, 0.6) is 5.95 Å². The molecular weight excluding hydrogens is 196 g/mol. The summed E-state index contributed by atoms with van der Waals surface area (Å²) < 4.78 is 15.2. The van der Waals surface area contributed by atoms with Gasteiger partial charge in [-0.25, -0.2) is 4.79 Å². The predicted molar refractivity (Wildman–Crippen MR) is 55.2 cm³/mol. The van der Waals surface area contributed by atoms with Crippen molar-refractivity contribution >= 4 is 5.97 Å². The Morgan fingerprint density at radius 3 is 2.87 bits per heavy atom. The highest BCUT2D eigenvalue weighted by Crippen LogP contribution is 2.22. The molecule has 0 unspecified atom stereocenters. The van der Waals surface area contributed by atoms with Crippen LogP contribution in [-0.4, -0.2) is 19.7 Å². The molecule has 1 rings (SSSR count). The van der Waals surface area contributed by atoms with Gasteiger partial charge in [0.05, 0.1) is 13.7 Å². The summed E-state index contributed by atoms with van der Waals surface area (Å²) in [7, 11) is 1.34. The molecular formula is C11H16O4. The van der Waals surface area contributed by atoms with E-state index in [9.17, 15) is 4.79 Å². The number of methoxy groups -OCH3 is 1. The summed E-state index contributed by atoms with van der Waals surface area (Å²) >= 11 is 0. The van der Waals surface area contributed by atoms with Gasteiger partial charge < -0.3 is 13.9 Å². The molecule has 0 spiro atoms. The molecule has 0 radical (unpaired) electrons. The van der Waals surface area contributed by atoms with Gasteiger partial charge >= 0.3 is 5.97 Å². The maximum absolute atomic E-state index is 11.2. The van der Waals surface area contributed by atoms with Crippen LogP contribution in [0.15, 0.2) is 10.5 Å². The Morgan fingerprint density at radius 1 is 1.53 bits per heavy atom. The lowest BCUT2D eigenvalue weighted by molar-refractivity contribution is 0.0599. The molecule has 0 fully saturated rings. The van der Waals surface area contributed by atoms with Gasteiger partial charge in [0.15, 0.2) is 0 Å². The lowest BCUT2D eigenvalue weighted by Crippen LogP contribution is -2.00. The lowest BCUT2D eigenvalue weighted by Gasteiger charge is -1.98. The first kappa shape index (κ1) is 11.6. The Labute approximate surface area is 89.2 Å². The van der Waals surface area contributed by atoms with Gasteiger partial charge in [0.1, 0.15) is 11.3 Å². The Bertz CT molecular complexity index is 327. The maximum atomic E-state index is 11.2. The van der Waals surface area contributed by atoms with E-state index in [1.54, 1.807) is 13.0 Å². The van der Waals surface area contributed by atoms with E-state index in [1.807, 2.05) is 0 Å². The Hall–Kier alpha value is -1.45. The van der Waals surface area contributed by atoms with Gasteiger partial charge in [0.25, 0.3) is 5.95 Å². The number of carbonyl (C=O) groups is 1. The van der Waals surface area contributed by atoms with Crippen LogP contribution in [0.3, 0.4) is 0 Å². The summed E-state index contributed by atoms with van der Waals surface area (Å²) in [5.74, 6) is 0.497. The van der Waals surface area contributed by atoms with Crippen molar-refractivity contribution in [2.24, 2.45) is 0 Å². The summed E-state index contributed by atoms with van der Waals surface area (Å²) in [6.45, 7) is 4.39. The number of hydrogen-bond acceptors (Lipinski definition) is 4. The summed E-state index contributed by atoms with van der Waals surface area (Å²) in [6.07, 6.45) is 2.02. The fraction of sp³-hybridized carbons (Fsp3) is 0.545. The molecule has 0 N–H and O–H groups in total. The monoisotopic (exact) mass is 212 g/mol. The number of unbranched alkanes of at least 4 members (excludes halogenated alkanes) is 1. The van der Waals surface area contributed by atoms with Crippen molar-refractivity contribution in [3.63, 3.8) is 0 Å². The minimum Gasteiger partial charge on any atom is -0.465 e. The van der Waals surface area contributed by atoms with E-state index in [2.05, 4.69) is 11.7 Å². The minimum absolute atomic E-state index is 0.376. The first-order valence-electron chi connectivity index (χ1n) is 5.00. The van der Waals surface area contributed by atoms with Crippen molar-refractivity contribution in [3.8, 4) is 5.95 Å². The first-order valence-corrected chi connectivity index (χ1v) is 5.00. The average Bonchev–Trinajstić information content (AvgIpc) is 2.59. The molecule has 0 aromatic carbocycles. The van der Waals surface area contributed by atoms with Gasteiger partial charge in [-0.1, -0.05) is 13.3 Å². The van der Waals surface area contributed by atoms with Crippen LogP contribution in [0.2, 0.25) is 0 Å². The number of furan rings is 1. The van der Waals surface area contributed by atoms with Crippen molar-refractivity contribution in [1.82, 2.24) is 0 Å². The zero-order valence-electron chi connectivity index (χ0n) is 9.33. The largest absolute Gasteiger partial charge is 0.465 e. The third-order valence-electron chi connectivity index (χ3n) is 2.04. The van der Waals surface area contributed by atoms with Crippen LogP contribution >= 0.6 is 0 Å². The maximum Gasteiger partial charge on any atom is 0.341 e. The molecule has 1 aromatic heterocycles. The summed E-state index contributed by atoms with van der Waals surface area (Å²) in [5.41, 5.74) is 0.420. The molecule has 0 atom stereocenters. The van der Waals surface area contributed by atoms with Crippen LogP contribution in [0.1, 0.15) is 35.9 Å². The first-order chi connectivity index (χ1) is 7.19. The highest BCUT2D eigenvalue weighted by atomic mass is 16.6. The average molecular weight is 212 g/mol. The van der Waals surface area contributed by atoms with Crippen LogP contribution in [0.4, 0.5) is 0 Å². The zero-order valence-corrected chi connectivity index (χ0v) is 9.33. The summed E-state index contributed by atoms with van der Waals surface area (Å²) in [5, 5.41) is 0. The van der Waals surface area contributed by atoms with Crippen molar-refractivity contribution in [2.45, 2.75) is 26.7 Å². The number of hydrogen-bond donors (Lipinski definition) is 0. The highest BCUT2D eigenvalue weighted by molar-refractivity contribution is 5.90. The Kier molecular flexibility index (Phi) is 4.21. The van der Waals surface area contributed by atoms with E-state index in [-0.39, 0.29) is 0 Å². The zero-order chi connectivity index (χ0) is 11.3. The number of ether oxygens (including phenoxy) is 2. The minimum atomic E-state index is -0.401. The SMILES string of the molecule is CCCCOc1cc(C(=O)OC)c(C)o1. The van der Waals surface area contributed by atoms with Crippen LogP contribution < -0.4 is 4.74 Å². The van der Waals surface area contributed by atoms with Crippen molar-refractivity contribution in [2.75, 3.05) is 13.7 Å². The van der Waals surface area contributed by atoms with Crippen molar-refractivity contribution < 1.29 is 18.7 Å². The molecule has 0 aliphatic heterocycles. The number of esters is 1. The van der Waals surface area contributed by atoms with Crippen LogP contribution in [0, 0.1) is 6.92 Å². The molecule has 1 aromatic rings. The van der Waals surface area contributed by atoms with Crippen LogP contribution in [0.25, 0.3) is 0 Å². The van der Waals surface area contributed by atoms with Gasteiger partial charge in [-0.15, -0.1) is 0 Å². The molecule has 15 heavy (non-hydrogen) atoms. The van der Waals surface area contributed by atoms with Gasteiger partial charge in [0.2, 0.25) is 0 Å². The number of rotatable bonds is 5. The molecule has 0 aliphatic rings. The molecule has 4 nitrogen and oxygen atoms in total. The standard InChI is InChI=1S/C11H16O4/c1-4-5-6-14-10-7-9(8(2)15-10)11(12)13-3/h7H,4-6H2,1-3H3. The van der Waals surface area contributed by atoms with Crippen molar-refractivity contribution in [1.29, 1.82) is 0 Å². The van der Waals surface area contributed by atoms with Gasteiger partial charge in [-0.3, -0.25) is 0 Å². The van der Waals surface area contributed by atoms with Gasteiger partial charge in [0, 0.05) is 6.07 Å². The lowest BCUT2D eigenvalue weighted by atomic mass is 10.3. The second kappa shape index (κ2) is 5.44. The molecule has 0 aliphatic carbocycles. The third-order valence-corrected chi connectivity index (χ3v) is 2.04. The molecule has 0 saturated heterocycles. The van der Waals surface area contributed by atoms with E-state index in [0.717, 1.165) is 12.8 Å². The Morgan fingerprint density at radius 2 is 2.27 bits per heavy atom. The third kappa shape index (κ3) is 3.01. The van der Waals surface area contributed by atoms with E-state index in [0.29, 0.717) is 23.9 Å². The molecule has 0 bridgehead atoms. The predicted octanol–water partition coefficient (Wildman–Crippen LogP) is 2.55. The van der Waals surface area contributed by atoms with E-state index in [1.165, 1.54) is 7.11 Å².